The Kier molecular flexibility index (Phi) is 2.97. The van der Waals surface area contributed by atoms with Crippen molar-refractivity contribution in [2.75, 3.05) is 0 Å². The van der Waals surface area contributed by atoms with Gasteiger partial charge in [0.25, 0.3) is 0 Å². The van der Waals surface area contributed by atoms with E-state index in [0.29, 0.717) is 11.6 Å². The first-order chi connectivity index (χ1) is 8.11. The van der Waals surface area contributed by atoms with E-state index >= 15 is 0 Å². The van der Waals surface area contributed by atoms with Crippen LogP contribution in [0.25, 0.3) is 11.4 Å². The van der Waals surface area contributed by atoms with Gasteiger partial charge in [-0.1, -0.05) is 38.1 Å². The normalized spacial score (nSPS) is 10.5. The van der Waals surface area contributed by atoms with E-state index in [-0.39, 0.29) is 0 Å². The highest BCUT2D eigenvalue weighted by atomic mass is 15.0. The first-order valence-corrected chi connectivity index (χ1v) is 5.65. The molecule has 0 aliphatic heterocycles. The molecule has 0 aliphatic carbocycles. The third kappa shape index (κ3) is 2.21. The Labute approximate surface area is 101 Å². The summed E-state index contributed by atoms with van der Waals surface area (Å²) in [5.74, 6) is 1.36. The largest absolute Gasteiger partial charge is 0.333 e. The third-order valence-corrected chi connectivity index (χ3v) is 2.83. The van der Waals surface area contributed by atoms with Gasteiger partial charge in [-0.3, -0.25) is 0 Å². The van der Waals surface area contributed by atoms with E-state index in [2.05, 4.69) is 49.2 Å². The van der Waals surface area contributed by atoms with Crippen LogP contribution < -0.4 is 0 Å². The lowest BCUT2D eigenvalue weighted by Crippen LogP contribution is -1.92. The Hall–Kier alpha value is -2.08. The fourth-order valence-corrected chi connectivity index (χ4v) is 1.81. The summed E-state index contributed by atoms with van der Waals surface area (Å²) in [5, 5.41) is 8.81. The van der Waals surface area contributed by atoms with Crippen LogP contribution in [-0.4, -0.2) is 9.55 Å². The van der Waals surface area contributed by atoms with Crippen molar-refractivity contribution in [3.63, 3.8) is 0 Å². The second-order valence-electron chi connectivity index (χ2n) is 4.45. The lowest BCUT2D eigenvalue weighted by Gasteiger charge is -2.06. The van der Waals surface area contributed by atoms with Crippen molar-refractivity contribution in [3.05, 3.63) is 41.7 Å². The number of nitriles is 1. The van der Waals surface area contributed by atoms with Gasteiger partial charge in [-0.05, 0) is 11.5 Å². The van der Waals surface area contributed by atoms with E-state index in [0.717, 1.165) is 11.4 Å². The van der Waals surface area contributed by atoms with E-state index in [1.54, 1.807) is 6.20 Å². The summed E-state index contributed by atoms with van der Waals surface area (Å²) in [5.41, 5.74) is 2.80. The number of hydrogen-bond acceptors (Lipinski definition) is 2. The Bertz CT molecular complexity index is 556. The molecule has 0 aliphatic rings. The molecule has 0 saturated carbocycles. The molecule has 3 nitrogen and oxygen atoms in total. The molecular weight excluding hydrogens is 210 g/mol. The fourth-order valence-electron chi connectivity index (χ4n) is 1.81. The molecule has 0 radical (unpaired) electrons. The van der Waals surface area contributed by atoms with Crippen LogP contribution in [0.5, 0.6) is 0 Å². The lowest BCUT2D eigenvalue weighted by atomic mass is 10.0. The molecule has 2 aromatic rings. The van der Waals surface area contributed by atoms with Crippen LogP contribution in [0.4, 0.5) is 0 Å². The maximum absolute atomic E-state index is 8.81. The molecule has 1 heterocycles. The van der Waals surface area contributed by atoms with Crippen molar-refractivity contribution in [1.29, 1.82) is 5.26 Å². The molecule has 0 fully saturated rings. The number of nitrogens with zero attached hydrogens (tertiary/aromatic N) is 3. The minimum Gasteiger partial charge on any atom is -0.333 e. The molecule has 0 amide bonds. The van der Waals surface area contributed by atoms with Crippen molar-refractivity contribution in [2.45, 2.75) is 19.8 Å². The highest BCUT2D eigenvalue weighted by Gasteiger charge is 2.07. The molecule has 0 unspecified atom stereocenters. The number of hydrogen-bond donors (Lipinski definition) is 0. The summed E-state index contributed by atoms with van der Waals surface area (Å²) in [7, 11) is 1.90. The van der Waals surface area contributed by atoms with Gasteiger partial charge < -0.3 is 4.57 Å². The number of aromatic nitrogens is 2. The average Bonchev–Trinajstić information content (AvgIpc) is 2.71. The maximum atomic E-state index is 8.81. The summed E-state index contributed by atoms with van der Waals surface area (Å²) in [6, 6.07) is 10.4. The van der Waals surface area contributed by atoms with Crippen LogP contribution in [0.2, 0.25) is 0 Å². The minimum atomic E-state index is 0.454. The van der Waals surface area contributed by atoms with Crippen molar-refractivity contribution in [1.82, 2.24) is 9.55 Å². The Morgan fingerprint density at radius 1 is 1.24 bits per heavy atom. The number of benzene rings is 1. The molecule has 1 aromatic heterocycles. The van der Waals surface area contributed by atoms with Crippen molar-refractivity contribution in [3.8, 4) is 17.5 Å². The van der Waals surface area contributed by atoms with Gasteiger partial charge >= 0.3 is 0 Å². The van der Waals surface area contributed by atoms with Crippen LogP contribution in [0.15, 0.2) is 30.5 Å². The lowest BCUT2D eigenvalue weighted by molar-refractivity contribution is 0.866. The molecule has 3 heteroatoms. The third-order valence-electron chi connectivity index (χ3n) is 2.83. The van der Waals surface area contributed by atoms with Gasteiger partial charge in [0, 0.05) is 18.8 Å². The Balaban J connectivity index is 2.40. The van der Waals surface area contributed by atoms with Crippen LogP contribution in [0, 0.1) is 11.3 Å². The minimum absolute atomic E-state index is 0.454. The molecule has 1 aromatic carbocycles. The SMILES string of the molecule is CC(C)c1ccc(-c2nc(C#N)cn2C)cc1. The molecule has 0 bridgehead atoms. The predicted octanol–water partition coefficient (Wildman–Crippen LogP) is 3.08. The summed E-state index contributed by atoms with van der Waals surface area (Å²) >= 11 is 0. The first kappa shape index (κ1) is 11.4. The van der Waals surface area contributed by atoms with Crippen molar-refractivity contribution < 1.29 is 0 Å². The van der Waals surface area contributed by atoms with Gasteiger partial charge in [-0.15, -0.1) is 0 Å². The van der Waals surface area contributed by atoms with E-state index < -0.39 is 0 Å². The van der Waals surface area contributed by atoms with Gasteiger partial charge in [0.05, 0.1) is 0 Å². The number of rotatable bonds is 2. The molecule has 0 atom stereocenters. The second-order valence-corrected chi connectivity index (χ2v) is 4.45. The summed E-state index contributed by atoms with van der Waals surface area (Å²) < 4.78 is 1.88. The Morgan fingerprint density at radius 2 is 1.88 bits per heavy atom. The molecule has 2 rings (SSSR count). The van der Waals surface area contributed by atoms with Gasteiger partial charge in [-0.2, -0.15) is 5.26 Å². The smallest absolute Gasteiger partial charge is 0.159 e. The second kappa shape index (κ2) is 4.42. The van der Waals surface area contributed by atoms with Crippen LogP contribution in [0.3, 0.4) is 0 Å². The monoisotopic (exact) mass is 225 g/mol. The standard InChI is InChI=1S/C14H15N3/c1-10(2)11-4-6-12(7-5-11)14-16-13(8-15)9-17(14)3/h4-7,9-10H,1-3H3. The van der Waals surface area contributed by atoms with Crippen LogP contribution in [0.1, 0.15) is 31.0 Å². The summed E-state index contributed by atoms with van der Waals surface area (Å²) in [4.78, 5) is 4.27. The first-order valence-electron chi connectivity index (χ1n) is 5.65. The number of aryl methyl sites for hydroxylation is 1. The van der Waals surface area contributed by atoms with E-state index in [1.807, 2.05) is 11.6 Å². The zero-order chi connectivity index (χ0) is 12.4. The predicted molar refractivity (Wildman–Crippen MR) is 67.4 cm³/mol. The van der Waals surface area contributed by atoms with E-state index in [4.69, 9.17) is 5.26 Å². The number of imidazole rings is 1. The quantitative estimate of drug-likeness (QED) is 0.788. The van der Waals surface area contributed by atoms with E-state index in [1.165, 1.54) is 5.56 Å². The zero-order valence-corrected chi connectivity index (χ0v) is 10.3. The molecule has 17 heavy (non-hydrogen) atoms. The molecule has 0 N–H and O–H groups in total. The van der Waals surface area contributed by atoms with Gasteiger partial charge in [0.2, 0.25) is 0 Å². The van der Waals surface area contributed by atoms with Crippen molar-refractivity contribution >= 4 is 0 Å². The zero-order valence-electron chi connectivity index (χ0n) is 10.3. The van der Waals surface area contributed by atoms with Crippen LogP contribution in [-0.2, 0) is 7.05 Å². The van der Waals surface area contributed by atoms with E-state index in [9.17, 15) is 0 Å². The topological polar surface area (TPSA) is 41.6 Å². The highest BCUT2D eigenvalue weighted by molar-refractivity contribution is 5.57. The van der Waals surface area contributed by atoms with Gasteiger partial charge in [0.1, 0.15) is 11.9 Å². The summed E-state index contributed by atoms with van der Waals surface area (Å²) in [6.45, 7) is 4.34. The molecular formula is C14H15N3. The van der Waals surface area contributed by atoms with Crippen molar-refractivity contribution in [2.24, 2.45) is 7.05 Å². The van der Waals surface area contributed by atoms with Gasteiger partial charge in [0.15, 0.2) is 5.69 Å². The molecule has 0 spiro atoms. The summed E-state index contributed by atoms with van der Waals surface area (Å²) in [6.07, 6.45) is 1.74. The average molecular weight is 225 g/mol. The van der Waals surface area contributed by atoms with Gasteiger partial charge in [-0.25, -0.2) is 4.98 Å². The highest BCUT2D eigenvalue weighted by Crippen LogP contribution is 2.21. The Morgan fingerprint density at radius 3 is 2.35 bits per heavy atom. The van der Waals surface area contributed by atoms with Crippen LogP contribution >= 0.6 is 0 Å². The molecule has 86 valence electrons. The maximum Gasteiger partial charge on any atom is 0.159 e. The fraction of sp³-hybridized carbons (Fsp3) is 0.286. The molecule has 0 saturated heterocycles.